The lowest BCUT2D eigenvalue weighted by Gasteiger charge is -2.42. The third kappa shape index (κ3) is 4.36. The number of carbonyl (C=O) groups excluding carboxylic acids is 2. The second-order valence-electron chi connectivity index (χ2n) is 6.91. The van der Waals surface area contributed by atoms with Crippen LogP contribution in [-0.4, -0.2) is 58.9 Å². The largest absolute Gasteiger partial charge is 0.389 e. The molecule has 2 amide bonds. The van der Waals surface area contributed by atoms with E-state index in [1.807, 2.05) is 0 Å². The lowest BCUT2D eigenvalue weighted by Crippen LogP contribution is -2.59. The highest BCUT2D eigenvalue weighted by atomic mass is 19.4. The van der Waals surface area contributed by atoms with Crippen molar-refractivity contribution in [1.82, 2.24) is 9.80 Å². The van der Waals surface area contributed by atoms with Gasteiger partial charge in [0.2, 0.25) is 5.91 Å². The molecule has 2 saturated heterocycles. The maximum Gasteiger partial charge on any atom is 0.389 e. The first-order valence-corrected chi connectivity index (χ1v) is 7.93. The van der Waals surface area contributed by atoms with E-state index < -0.39 is 36.3 Å². The van der Waals surface area contributed by atoms with Crippen molar-refractivity contribution in [3.8, 4) is 0 Å². The Morgan fingerprint density at radius 2 is 1.58 bits per heavy atom. The fourth-order valence-corrected chi connectivity index (χ4v) is 3.62. The molecule has 0 aromatic heterocycles. The number of halogens is 5. The highest BCUT2D eigenvalue weighted by Crippen LogP contribution is 2.34. The Morgan fingerprint density at radius 1 is 1.08 bits per heavy atom. The fraction of sp³-hybridized carbons (Fsp3) is 0.867. The van der Waals surface area contributed by atoms with Crippen molar-refractivity contribution in [2.45, 2.75) is 63.7 Å². The van der Waals surface area contributed by atoms with Gasteiger partial charge in [0.25, 0.3) is 5.91 Å². The molecular weight excluding hydrogens is 335 g/mol. The fourth-order valence-electron chi connectivity index (χ4n) is 3.62. The van der Waals surface area contributed by atoms with Gasteiger partial charge in [-0.2, -0.15) is 22.0 Å². The summed E-state index contributed by atoms with van der Waals surface area (Å²) in [5.74, 6) is -5.96. The Morgan fingerprint density at radius 3 is 2.00 bits per heavy atom. The van der Waals surface area contributed by atoms with Gasteiger partial charge in [0.1, 0.15) is 0 Å². The van der Waals surface area contributed by atoms with E-state index in [0.717, 1.165) is 4.90 Å². The first-order valence-electron chi connectivity index (χ1n) is 7.93. The van der Waals surface area contributed by atoms with Gasteiger partial charge in [-0.25, -0.2) is 0 Å². The van der Waals surface area contributed by atoms with Crippen LogP contribution in [0.1, 0.15) is 39.5 Å². The summed E-state index contributed by atoms with van der Waals surface area (Å²) < 4.78 is 63.5. The quantitative estimate of drug-likeness (QED) is 0.727. The third-order valence-electron chi connectivity index (χ3n) is 4.54. The average Bonchev–Trinajstić information content (AvgIpc) is 2.65. The number of carbonyl (C=O) groups is 2. The predicted octanol–water partition coefficient (Wildman–Crippen LogP) is 2.82. The van der Waals surface area contributed by atoms with E-state index >= 15 is 0 Å². The minimum absolute atomic E-state index is 0.0121. The zero-order chi connectivity index (χ0) is 18.3. The molecule has 4 nitrogen and oxygen atoms in total. The molecule has 0 saturated carbocycles. The highest BCUT2D eigenvalue weighted by molar-refractivity contribution is 5.84. The SMILES string of the molecule is CC(CC(=O)N1C2CCC1CN(C(=O)C(C)(F)F)C2)CC(F)(F)F. The molecule has 2 rings (SSSR count). The molecule has 3 unspecified atom stereocenters. The summed E-state index contributed by atoms with van der Waals surface area (Å²) in [4.78, 5) is 26.6. The smallest absolute Gasteiger partial charge is 0.333 e. The lowest BCUT2D eigenvalue weighted by atomic mass is 10.0. The summed E-state index contributed by atoms with van der Waals surface area (Å²) in [6.45, 7) is 1.93. The van der Waals surface area contributed by atoms with Gasteiger partial charge in [0, 0.05) is 44.9 Å². The van der Waals surface area contributed by atoms with Crippen molar-refractivity contribution >= 4 is 11.8 Å². The van der Waals surface area contributed by atoms with Crippen molar-refractivity contribution in [2.75, 3.05) is 13.1 Å². The maximum absolute atomic E-state index is 13.2. The Balaban J connectivity index is 1.97. The molecule has 3 atom stereocenters. The maximum atomic E-state index is 13.2. The second kappa shape index (κ2) is 6.48. The summed E-state index contributed by atoms with van der Waals surface area (Å²) in [5.41, 5.74) is 0. The zero-order valence-corrected chi connectivity index (χ0v) is 13.6. The Bertz CT molecular complexity index is 489. The number of hydrogen-bond donors (Lipinski definition) is 0. The number of alkyl halides is 5. The minimum Gasteiger partial charge on any atom is -0.333 e. The van der Waals surface area contributed by atoms with Crippen LogP contribution < -0.4 is 0 Å². The van der Waals surface area contributed by atoms with Crippen LogP contribution in [0.25, 0.3) is 0 Å². The van der Waals surface area contributed by atoms with E-state index in [2.05, 4.69) is 0 Å². The first kappa shape index (κ1) is 18.9. The van der Waals surface area contributed by atoms with Crippen LogP contribution >= 0.6 is 0 Å². The van der Waals surface area contributed by atoms with E-state index in [0.29, 0.717) is 19.8 Å². The number of fused-ring (bicyclic) bond motifs is 2. The van der Waals surface area contributed by atoms with Crippen LogP contribution in [-0.2, 0) is 9.59 Å². The molecular formula is C15H21F5N2O2. The van der Waals surface area contributed by atoms with Crippen LogP contribution in [0.4, 0.5) is 22.0 Å². The molecule has 24 heavy (non-hydrogen) atoms. The number of likely N-dealkylation sites (tertiary alicyclic amines) is 1. The lowest BCUT2D eigenvalue weighted by molar-refractivity contribution is -0.161. The molecule has 2 heterocycles. The number of rotatable bonds is 4. The Kier molecular flexibility index (Phi) is 5.11. The van der Waals surface area contributed by atoms with Gasteiger partial charge in [-0.1, -0.05) is 6.92 Å². The van der Waals surface area contributed by atoms with Crippen molar-refractivity contribution in [3.05, 3.63) is 0 Å². The molecule has 2 aliphatic heterocycles. The highest BCUT2D eigenvalue weighted by Gasteiger charge is 2.47. The van der Waals surface area contributed by atoms with E-state index in [-0.39, 0.29) is 31.6 Å². The van der Waals surface area contributed by atoms with E-state index in [1.54, 1.807) is 0 Å². The number of nitrogens with zero attached hydrogens (tertiary/aromatic N) is 2. The molecule has 0 spiro atoms. The van der Waals surface area contributed by atoms with Crippen LogP contribution in [0.15, 0.2) is 0 Å². The molecule has 138 valence electrons. The molecule has 2 aliphatic rings. The first-order chi connectivity index (χ1) is 10.9. The molecule has 0 aliphatic carbocycles. The van der Waals surface area contributed by atoms with Crippen LogP contribution in [0.5, 0.6) is 0 Å². The molecule has 0 N–H and O–H groups in total. The van der Waals surface area contributed by atoms with Gasteiger partial charge in [-0.3, -0.25) is 9.59 Å². The monoisotopic (exact) mass is 356 g/mol. The van der Waals surface area contributed by atoms with Gasteiger partial charge in [-0.15, -0.1) is 0 Å². The topological polar surface area (TPSA) is 40.6 Å². The number of piperazine rings is 1. The average molecular weight is 356 g/mol. The molecule has 0 radical (unpaired) electrons. The van der Waals surface area contributed by atoms with Crippen molar-refractivity contribution in [1.29, 1.82) is 0 Å². The summed E-state index contributed by atoms with van der Waals surface area (Å²) in [7, 11) is 0. The summed E-state index contributed by atoms with van der Waals surface area (Å²) >= 11 is 0. The molecule has 0 aromatic carbocycles. The number of hydrogen-bond acceptors (Lipinski definition) is 2. The normalized spacial score (nSPS) is 25.8. The predicted molar refractivity (Wildman–Crippen MR) is 75.3 cm³/mol. The summed E-state index contributed by atoms with van der Waals surface area (Å²) in [5, 5.41) is 0. The number of amides is 2. The van der Waals surface area contributed by atoms with Crippen LogP contribution in [0.3, 0.4) is 0 Å². The van der Waals surface area contributed by atoms with E-state index in [1.165, 1.54) is 11.8 Å². The summed E-state index contributed by atoms with van der Waals surface area (Å²) in [6, 6.07) is -0.777. The second-order valence-corrected chi connectivity index (χ2v) is 6.91. The molecule has 2 bridgehead atoms. The third-order valence-corrected chi connectivity index (χ3v) is 4.54. The zero-order valence-electron chi connectivity index (χ0n) is 13.6. The van der Waals surface area contributed by atoms with Crippen molar-refractivity contribution in [3.63, 3.8) is 0 Å². The van der Waals surface area contributed by atoms with Crippen LogP contribution in [0.2, 0.25) is 0 Å². The van der Waals surface area contributed by atoms with E-state index in [9.17, 15) is 31.5 Å². The van der Waals surface area contributed by atoms with Crippen molar-refractivity contribution < 1.29 is 31.5 Å². The van der Waals surface area contributed by atoms with Crippen molar-refractivity contribution in [2.24, 2.45) is 5.92 Å². The molecule has 2 fully saturated rings. The van der Waals surface area contributed by atoms with E-state index in [4.69, 9.17) is 0 Å². The van der Waals surface area contributed by atoms with Gasteiger partial charge >= 0.3 is 12.1 Å². The van der Waals surface area contributed by atoms with Gasteiger partial charge in [0.05, 0.1) is 0 Å². The van der Waals surface area contributed by atoms with Gasteiger partial charge in [-0.05, 0) is 18.8 Å². The minimum atomic E-state index is -4.32. The standard InChI is InChI=1S/C15H21F5N2O2/c1-9(6-15(18,19)20)5-12(23)22-10-3-4-11(22)8-21(7-10)13(24)14(2,16)17/h9-11H,3-8H2,1-2H3. The summed E-state index contributed by atoms with van der Waals surface area (Å²) in [6.07, 6.45) is -4.44. The Labute approximate surface area is 137 Å². The van der Waals surface area contributed by atoms with Gasteiger partial charge < -0.3 is 9.80 Å². The Hall–Kier alpha value is -1.41. The van der Waals surface area contributed by atoms with Crippen LogP contribution in [0, 0.1) is 5.92 Å². The van der Waals surface area contributed by atoms with Gasteiger partial charge in [0.15, 0.2) is 0 Å². The molecule has 9 heteroatoms. The molecule has 0 aromatic rings.